The summed E-state index contributed by atoms with van der Waals surface area (Å²) in [6, 6.07) is 12.1. The Kier molecular flexibility index (Phi) is 6.67. The van der Waals surface area contributed by atoms with Crippen molar-refractivity contribution in [3.8, 4) is 11.5 Å². The Morgan fingerprint density at radius 3 is 2.24 bits per heavy atom. The fraction of sp³-hybridized carbons (Fsp3) is 0.238. The Balaban J connectivity index is 1.58. The van der Waals surface area contributed by atoms with Crippen molar-refractivity contribution in [3.05, 3.63) is 65.7 Å². The third-order valence-corrected chi connectivity index (χ3v) is 4.41. The molecule has 7 nitrogen and oxygen atoms in total. The van der Waals surface area contributed by atoms with Crippen LogP contribution in [0.5, 0.6) is 11.5 Å². The summed E-state index contributed by atoms with van der Waals surface area (Å²) in [5.74, 6) is 2.20. The van der Waals surface area contributed by atoms with E-state index < -0.39 is 0 Å². The molecule has 0 aliphatic rings. The van der Waals surface area contributed by atoms with Crippen LogP contribution in [-0.2, 0) is 13.0 Å². The van der Waals surface area contributed by atoms with Crippen LogP contribution in [0.1, 0.15) is 11.1 Å². The maximum atomic E-state index is 13.0. The first-order chi connectivity index (χ1) is 14.1. The second kappa shape index (κ2) is 9.59. The zero-order valence-corrected chi connectivity index (χ0v) is 16.4. The minimum absolute atomic E-state index is 0.267. The first-order valence-electron chi connectivity index (χ1n) is 9.14. The summed E-state index contributed by atoms with van der Waals surface area (Å²) in [5, 5.41) is 6.39. The Bertz CT molecular complexity index is 950. The number of hydrogen-bond acceptors (Lipinski definition) is 7. The first kappa shape index (κ1) is 20.2. The Labute approximate surface area is 169 Å². The number of benzene rings is 2. The van der Waals surface area contributed by atoms with E-state index >= 15 is 0 Å². The maximum Gasteiger partial charge on any atom is 0.160 e. The summed E-state index contributed by atoms with van der Waals surface area (Å²) >= 11 is 0. The summed E-state index contributed by atoms with van der Waals surface area (Å²) in [6.07, 6.45) is 2.20. The number of ether oxygens (including phenoxy) is 2. The third-order valence-electron chi connectivity index (χ3n) is 4.41. The molecule has 3 rings (SSSR count). The molecule has 1 aromatic heterocycles. The summed E-state index contributed by atoms with van der Waals surface area (Å²) in [4.78, 5) is 8.40. The van der Waals surface area contributed by atoms with Crippen molar-refractivity contribution in [1.29, 1.82) is 0 Å². The molecule has 3 aromatic rings. The fourth-order valence-corrected chi connectivity index (χ4v) is 2.83. The highest BCUT2D eigenvalue weighted by atomic mass is 19.1. The number of rotatable bonds is 9. The topological polar surface area (TPSA) is 94.3 Å². The molecule has 0 saturated heterocycles. The molecule has 0 spiro atoms. The monoisotopic (exact) mass is 397 g/mol. The lowest BCUT2D eigenvalue weighted by molar-refractivity contribution is 0.354. The number of methoxy groups -OCH3 is 2. The highest BCUT2D eigenvalue weighted by Gasteiger charge is 2.09. The van der Waals surface area contributed by atoms with Crippen molar-refractivity contribution in [3.63, 3.8) is 0 Å². The fourth-order valence-electron chi connectivity index (χ4n) is 2.83. The van der Waals surface area contributed by atoms with Crippen molar-refractivity contribution >= 4 is 17.3 Å². The molecule has 0 radical (unpaired) electrons. The highest BCUT2D eigenvalue weighted by molar-refractivity contribution is 5.74. The van der Waals surface area contributed by atoms with Gasteiger partial charge in [-0.2, -0.15) is 0 Å². The lowest BCUT2D eigenvalue weighted by Crippen LogP contribution is -2.12. The van der Waals surface area contributed by atoms with Crippen LogP contribution >= 0.6 is 0 Å². The van der Waals surface area contributed by atoms with Gasteiger partial charge in [-0.1, -0.05) is 18.2 Å². The smallest absolute Gasteiger partial charge is 0.160 e. The SMILES string of the molecule is COc1ccc(CCNc2ncnc(NCc3ccc(F)cc3)c2N)cc1OC. The molecule has 2 aromatic carbocycles. The van der Waals surface area contributed by atoms with E-state index in [-0.39, 0.29) is 5.82 Å². The molecule has 1 heterocycles. The molecule has 0 atom stereocenters. The van der Waals surface area contributed by atoms with Gasteiger partial charge in [0, 0.05) is 13.1 Å². The molecule has 29 heavy (non-hydrogen) atoms. The van der Waals surface area contributed by atoms with Gasteiger partial charge < -0.3 is 25.8 Å². The molecule has 4 N–H and O–H groups in total. The van der Waals surface area contributed by atoms with Gasteiger partial charge >= 0.3 is 0 Å². The summed E-state index contributed by atoms with van der Waals surface area (Å²) in [7, 11) is 3.22. The van der Waals surface area contributed by atoms with Gasteiger partial charge in [-0.05, 0) is 41.8 Å². The average Bonchev–Trinajstić information content (AvgIpc) is 2.75. The van der Waals surface area contributed by atoms with E-state index in [1.165, 1.54) is 18.5 Å². The minimum atomic E-state index is -0.267. The first-order valence-corrected chi connectivity index (χ1v) is 9.14. The van der Waals surface area contributed by atoms with Gasteiger partial charge in [0.25, 0.3) is 0 Å². The molecular formula is C21H24FN5O2. The lowest BCUT2D eigenvalue weighted by Gasteiger charge is -2.13. The number of halogens is 1. The van der Waals surface area contributed by atoms with Gasteiger partial charge in [-0.15, -0.1) is 0 Å². The normalized spacial score (nSPS) is 10.4. The third kappa shape index (κ3) is 5.25. The van der Waals surface area contributed by atoms with Crippen LogP contribution in [0.15, 0.2) is 48.8 Å². The van der Waals surface area contributed by atoms with Crippen molar-refractivity contribution in [2.75, 3.05) is 37.1 Å². The average molecular weight is 397 g/mol. The predicted molar refractivity (Wildman–Crippen MR) is 112 cm³/mol. The predicted octanol–water partition coefficient (Wildman–Crippen LogP) is 3.48. The Morgan fingerprint density at radius 2 is 1.55 bits per heavy atom. The van der Waals surface area contributed by atoms with Gasteiger partial charge in [0.15, 0.2) is 23.1 Å². The Hall–Kier alpha value is -3.55. The Morgan fingerprint density at radius 1 is 0.897 bits per heavy atom. The quantitative estimate of drug-likeness (QED) is 0.509. The number of nitrogen functional groups attached to an aromatic ring is 1. The van der Waals surface area contributed by atoms with Crippen LogP contribution in [-0.4, -0.2) is 30.7 Å². The summed E-state index contributed by atoms with van der Waals surface area (Å²) < 4.78 is 23.6. The molecule has 0 fully saturated rings. The summed E-state index contributed by atoms with van der Waals surface area (Å²) in [6.45, 7) is 1.11. The van der Waals surface area contributed by atoms with Crippen LogP contribution in [0, 0.1) is 5.82 Å². The van der Waals surface area contributed by atoms with E-state index in [4.69, 9.17) is 15.2 Å². The molecule has 8 heteroatoms. The van der Waals surface area contributed by atoms with E-state index in [1.807, 2.05) is 18.2 Å². The largest absolute Gasteiger partial charge is 0.493 e. The minimum Gasteiger partial charge on any atom is -0.493 e. The lowest BCUT2D eigenvalue weighted by atomic mass is 10.1. The van der Waals surface area contributed by atoms with Gasteiger partial charge in [-0.3, -0.25) is 0 Å². The van der Waals surface area contributed by atoms with Crippen LogP contribution in [0.3, 0.4) is 0 Å². The molecule has 0 unspecified atom stereocenters. The van der Waals surface area contributed by atoms with Gasteiger partial charge in [0.2, 0.25) is 0 Å². The molecular weight excluding hydrogens is 373 g/mol. The van der Waals surface area contributed by atoms with Crippen LogP contribution in [0.4, 0.5) is 21.7 Å². The van der Waals surface area contributed by atoms with Crippen LogP contribution in [0.25, 0.3) is 0 Å². The maximum absolute atomic E-state index is 13.0. The van der Waals surface area contributed by atoms with Crippen molar-refractivity contribution in [2.24, 2.45) is 0 Å². The van der Waals surface area contributed by atoms with Crippen molar-refractivity contribution in [2.45, 2.75) is 13.0 Å². The molecule has 0 bridgehead atoms. The number of anilines is 3. The second-order valence-electron chi connectivity index (χ2n) is 6.33. The van der Waals surface area contributed by atoms with E-state index in [1.54, 1.807) is 26.4 Å². The number of nitrogens with two attached hydrogens (primary N) is 1. The number of aromatic nitrogens is 2. The standard InChI is InChI=1S/C21H24FN5O2/c1-28-17-8-5-14(11-18(17)29-2)9-10-24-20-19(23)21(27-13-26-20)25-12-15-3-6-16(22)7-4-15/h3-8,11,13H,9-10,12,23H2,1-2H3,(H2,24,25,26,27). The van der Waals surface area contributed by atoms with E-state index in [0.29, 0.717) is 41.9 Å². The van der Waals surface area contributed by atoms with Crippen molar-refractivity contribution < 1.29 is 13.9 Å². The number of hydrogen-bond donors (Lipinski definition) is 3. The van der Waals surface area contributed by atoms with E-state index in [0.717, 1.165) is 17.5 Å². The molecule has 152 valence electrons. The van der Waals surface area contributed by atoms with Gasteiger partial charge in [0.05, 0.1) is 14.2 Å². The zero-order valence-electron chi connectivity index (χ0n) is 16.4. The second-order valence-corrected chi connectivity index (χ2v) is 6.33. The van der Waals surface area contributed by atoms with E-state index in [9.17, 15) is 4.39 Å². The zero-order chi connectivity index (χ0) is 20.6. The van der Waals surface area contributed by atoms with Gasteiger partial charge in [0.1, 0.15) is 17.8 Å². The molecule has 0 amide bonds. The molecule has 0 saturated carbocycles. The van der Waals surface area contributed by atoms with E-state index in [2.05, 4.69) is 20.6 Å². The number of nitrogens with one attached hydrogen (secondary N) is 2. The number of nitrogens with zero attached hydrogens (tertiary/aromatic N) is 2. The highest BCUT2D eigenvalue weighted by Crippen LogP contribution is 2.28. The van der Waals surface area contributed by atoms with Crippen LogP contribution < -0.4 is 25.8 Å². The van der Waals surface area contributed by atoms with Gasteiger partial charge in [-0.25, -0.2) is 14.4 Å². The summed E-state index contributed by atoms with van der Waals surface area (Å²) in [5.41, 5.74) is 8.64. The van der Waals surface area contributed by atoms with Crippen molar-refractivity contribution in [1.82, 2.24) is 9.97 Å². The molecule has 0 aliphatic heterocycles. The molecule has 0 aliphatic carbocycles. The van der Waals surface area contributed by atoms with Crippen LogP contribution in [0.2, 0.25) is 0 Å².